The van der Waals surface area contributed by atoms with E-state index in [0.29, 0.717) is 0 Å². The van der Waals surface area contributed by atoms with Gasteiger partial charge in [-0.2, -0.15) is 0 Å². The van der Waals surface area contributed by atoms with Gasteiger partial charge in [0.1, 0.15) is 6.10 Å². The van der Waals surface area contributed by atoms with Crippen molar-refractivity contribution in [2.24, 2.45) is 5.92 Å². The second-order valence-corrected chi connectivity index (χ2v) is 3.95. The van der Waals surface area contributed by atoms with Crippen molar-refractivity contribution in [1.29, 1.82) is 0 Å². The molecule has 0 aliphatic carbocycles. The number of aliphatic hydroxyl groups excluding tert-OH is 2. The Labute approximate surface area is 92.8 Å². The summed E-state index contributed by atoms with van der Waals surface area (Å²) in [6.45, 7) is 2.71. The Bertz CT molecular complexity index is 294. The SMILES string of the molecule is CC(C)C1(OCC(O)CO)NC(=O)NC1=O. The highest BCUT2D eigenvalue weighted by atomic mass is 16.5. The minimum atomic E-state index is -1.47. The number of amides is 3. The molecule has 0 bridgehead atoms. The predicted molar refractivity (Wildman–Crippen MR) is 53.3 cm³/mol. The van der Waals surface area contributed by atoms with E-state index in [0.717, 1.165) is 0 Å². The van der Waals surface area contributed by atoms with Crippen LogP contribution in [0, 0.1) is 5.92 Å². The fraction of sp³-hybridized carbons (Fsp3) is 0.778. The molecule has 7 nitrogen and oxygen atoms in total. The molecule has 4 N–H and O–H groups in total. The summed E-state index contributed by atoms with van der Waals surface area (Å²) in [5.74, 6) is -0.887. The van der Waals surface area contributed by atoms with E-state index in [1.807, 2.05) is 0 Å². The third-order valence-electron chi connectivity index (χ3n) is 2.39. The first-order valence-corrected chi connectivity index (χ1v) is 4.99. The first kappa shape index (κ1) is 12.9. The normalized spacial score (nSPS) is 26.8. The fourth-order valence-electron chi connectivity index (χ4n) is 1.41. The van der Waals surface area contributed by atoms with Gasteiger partial charge in [0, 0.05) is 5.92 Å². The molecule has 16 heavy (non-hydrogen) atoms. The monoisotopic (exact) mass is 232 g/mol. The van der Waals surface area contributed by atoms with Gasteiger partial charge >= 0.3 is 6.03 Å². The van der Waals surface area contributed by atoms with E-state index in [2.05, 4.69) is 10.6 Å². The fourth-order valence-corrected chi connectivity index (χ4v) is 1.41. The summed E-state index contributed by atoms with van der Waals surface area (Å²) < 4.78 is 5.23. The second-order valence-electron chi connectivity index (χ2n) is 3.95. The number of ether oxygens (including phenoxy) is 1. The van der Waals surface area contributed by atoms with Gasteiger partial charge in [0.25, 0.3) is 5.91 Å². The van der Waals surface area contributed by atoms with Crippen LogP contribution in [0.3, 0.4) is 0 Å². The van der Waals surface area contributed by atoms with E-state index < -0.39 is 30.4 Å². The maximum Gasteiger partial charge on any atom is 0.324 e. The van der Waals surface area contributed by atoms with E-state index in [1.54, 1.807) is 13.8 Å². The third kappa shape index (κ3) is 2.31. The predicted octanol–water partition coefficient (Wildman–Crippen LogP) is -1.45. The van der Waals surface area contributed by atoms with E-state index in [-0.39, 0.29) is 12.5 Å². The Balaban J connectivity index is 2.74. The van der Waals surface area contributed by atoms with Crippen LogP contribution in [-0.4, -0.2) is 47.2 Å². The number of nitrogens with one attached hydrogen (secondary N) is 2. The van der Waals surface area contributed by atoms with Crippen molar-refractivity contribution in [3.8, 4) is 0 Å². The number of urea groups is 1. The molecule has 0 aromatic heterocycles. The van der Waals surface area contributed by atoms with Gasteiger partial charge in [0.15, 0.2) is 0 Å². The van der Waals surface area contributed by atoms with Crippen LogP contribution in [0.15, 0.2) is 0 Å². The van der Waals surface area contributed by atoms with Crippen LogP contribution in [0.25, 0.3) is 0 Å². The van der Waals surface area contributed by atoms with Crippen molar-refractivity contribution in [2.45, 2.75) is 25.7 Å². The van der Waals surface area contributed by atoms with Crippen molar-refractivity contribution in [1.82, 2.24) is 10.6 Å². The number of rotatable bonds is 5. The van der Waals surface area contributed by atoms with E-state index in [4.69, 9.17) is 14.9 Å². The van der Waals surface area contributed by atoms with Gasteiger partial charge in [0.05, 0.1) is 13.2 Å². The molecular weight excluding hydrogens is 216 g/mol. The number of hydrogen-bond donors (Lipinski definition) is 4. The van der Waals surface area contributed by atoms with Crippen LogP contribution < -0.4 is 10.6 Å². The molecule has 1 aliphatic heterocycles. The highest BCUT2D eigenvalue weighted by Gasteiger charge is 2.50. The van der Waals surface area contributed by atoms with Crippen molar-refractivity contribution in [3.63, 3.8) is 0 Å². The molecule has 0 aromatic rings. The number of carbonyl (C=O) groups is 2. The lowest BCUT2D eigenvalue weighted by atomic mass is 10.00. The quantitative estimate of drug-likeness (QED) is 0.434. The molecule has 1 heterocycles. The Morgan fingerprint density at radius 1 is 1.44 bits per heavy atom. The average molecular weight is 232 g/mol. The van der Waals surface area contributed by atoms with Gasteiger partial charge in [0.2, 0.25) is 5.72 Å². The zero-order valence-electron chi connectivity index (χ0n) is 9.19. The van der Waals surface area contributed by atoms with Gasteiger partial charge in [-0.1, -0.05) is 13.8 Å². The lowest BCUT2D eigenvalue weighted by Crippen LogP contribution is -2.54. The highest BCUT2D eigenvalue weighted by molar-refractivity contribution is 6.06. The summed E-state index contributed by atoms with van der Waals surface area (Å²) >= 11 is 0. The molecule has 0 saturated carbocycles. The second kappa shape index (κ2) is 4.77. The van der Waals surface area contributed by atoms with Crippen molar-refractivity contribution < 1.29 is 24.5 Å². The van der Waals surface area contributed by atoms with E-state index in [9.17, 15) is 9.59 Å². The van der Waals surface area contributed by atoms with Crippen molar-refractivity contribution in [3.05, 3.63) is 0 Å². The number of carbonyl (C=O) groups excluding carboxylic acids is 2. The minimum Gasteiger partial charge on any atom is -0.394 e. The maximum absolute atomic E-state index is 11.6. The van der Waals surface area contributed by atoms with Crippen LogP contribution in [0.5, 0.6) is 0 Å². The molecule has 0 spiro atoms. The first-order chi connectivity index (χ1) is 7.42. The van der Waals surface area contributed by atoms with Gasteiger partial charge in [-0.25, -0.2) is 4.79 Å². The lowest BCUT2D eigenvalue weighted by Gasteiger charge is -2.30. The molecular formula is C9H16N2O5. The summed E-state index contributed by atoms with van der Waals surface area (Å²) in [5, 5.41) is 22.2. The molecule has 1 aliphatic rings. The van der Waals surface area contributed by atoms with Crippen LogP contribution in [0.1, 0.15) is 13.8 Å². The zero-order valence-corrected chi connectivity index (χ0v) is 9.19. The lowest BCUT2D eigenvalue weighted by molar-refractivity contribution is -0.158. The highest BCUT2D eigenvalue weighted by Crippen LogP contribution is 2.22. The molecule has 3 amide bonds. The Kier molecular flexibility index (Phi) is 3.84. The van der Waals surface area contributed by atoms with Crippen molar-refractivity contribution >= 4 is 11.9 Å². The van der Waals surface area contributed by atoms with Crippen LogP contribution >= 0.6 is 0 Å². The molecule has 1 saturated heterocycles. The third-order valence-corrected chi connectivity index (χ3v) is 2.39. The Morgan fingerprint density at radius 2 is 2.06 bits per heavy atom. The van der Waals surface area contributed by atoms with Gasteiger partial charge < -0.3 is 20.3 Å². The Hall–Kier alpha value is -1.18. The summed E-state index contributed by atoms with van der Waals surface area (Å²) in [5.41, 5.74) is -1.47. The van der Waals surface area contributed by atoms with Crippen molar-refractivity contribution in [2.75, 3.05) is 13.2 Å². The number of imide groups is 1. The number of hydrogen-bond acceptors (Lipinski definition) is 5. The largest absolute Gasteiger partial charge is 0.394 e. The zero-order chi connectivity index (χ0) is 12.3. The molecule has 2 unspecified atom stereocenters. The van der Waals surface area contributed by atoms with Gasteiger partial charge in [-0.3, -0.25) is 10.1 Å². The first-order valence-electron chi connectivity index (χ1n) is 4.99. The number of aliphatic hydroxyl groups is 2. The van der Waals surface area contributed by atoms with Gasteiger partial charge in [-0.05, 0) is 0 Å². The average Bonchev–Trinajstić information content (AvgIpc) is 2.51. The van der Waals surface area contributed by atoms with Crippen LogP contribution in [0.2, 0.25) is 0 Å². The Morgan fingerprint density at radius 3 is 2.44 bits per heavy atom. The molecule has 92 valence electrons. The molecule has 0 aromatic carbocycles. The molecule has 2 atom stereocenters. The van der Waals surface area contributed by atoms with Crippen LogP contribution in [0.4, 0.5) is 4.79 Å². The molecule has 1 fully saturated rings. The smallest absolute Gasteiger partial charge is 0.324 e. The molecule has 0 radical (unpaired) electrons. The standard InChI is InChI=1S/C9H16N2O5/c1-5(2)9(16-4-6(13)3-12)7(14)10-8(15)11-9/h5-6,12-13H,3-4H2,1-2H3,(H2,10,11,14,15). The topological polar surface area (TPSA) is 108 Å². The maximum atomic E-state index is 11.6. The summed E-state index contributed by atoms with van der Waals surface area (Å²) in [4.78, 5) is 22.6. The minimum absolute atomic E-state index is 0.234. The van der Waals surface area contributed by atoms with Crippen LogP contribution in [-0.2, 0) is 9.53 Å². The van der Waals surface area contributed by atoms with Gasteiger partial charge in [-0.15, -0.1) is 0 Å². The summed E-state index contributed by atoms with van der Waals surface area (Å²) in [7, 11) is 0. The molecule has 7 heteroatoms. The van der Waals surface area contributed by atoms with E-state index >= 15 is 0 Å². The molecule has 1 rings (SSSR count). The summed E-state index contributed by atoms with van der Waals surface area (Å²) in [6.07, 6.45) is -1.08. The van der Waals surface area contributed by atoms with E-state index in [1.165, 1.54) is 0 Å². The summed E-state index contributed by atoms with van der Waals surface area (Å²) in [6, 6.07) is -0.628.